The molecule has 0 saturated heterocycles. The molecule has 0 spiro atoms. The van der Waals surface area contributed by atoms with E-state index in [1.165, 1.54) is 0 Å². The lowest BCUT2D eigenvalue weighted by Crippen LogP contribution is -2.28. The number of alkyl halides is 1. The van der Waals surface area contributed by atoms with E-state index < -0.39 is 5.38 Å². The molecule has 0 radical (unpaired) electrons. The van der Waals surface area contributed by atoms with Crippen LogP contribution in [0.25, 0.3) is 0 Å². The molecule has 1 unspecified atom stereocenters. The maximum atomic E-state index is 11.7. The third kappa shape index (κ3) is 3.13. The Morgan fingerprint density at radius 2 is 1.93 bits per heavy atom. The van der Waals surface area contributed by atoms with Gasteiger partial charge in [-0.25, -0.2) is 0 Å². The highest BCUT2D eigenvalue weighted by atomic mass is 35.5. The van der Waals surface area contributed by atoms with Crippen molar-refractivity contribution < 1.29 is 4.79 Å². The van der Waals surface area contributed by atoms with Crippen LogP contribution in [0.5, 0.6) is 0 Å². The minimum absolute atomic E-state index is 0.0130. The largest absolute Gasteiger partial charge is 0.307 e. The highest BCUT2D eigenvalue weighted by Crippen LogP contribution is 2.08. The monoisotopic (exact) mass is 211 g/mol. The van der Waals surface area contributed by atoms with Crippen LogP contribution in [0.1, 0.15) is 10.4 Å². The Hall–Kier alpha value is -0.860. The van der Waals surface area contributed by atoms with Crippen molar-refractivity contribution in [2.45, 2.75) is 5.38 Å². The van der Waals surface area contributed by atoms with Crippen molar-refractivity contribution in [3.63, 3.8) is 0 Å². The van der Waals surface area contributed by atoms with E-state index >= 15 is 0 Å². The van der Waals surface area contributed by atoms with Crippen molar-refractivity contribution >= 4 is 17.4 Å². The molecule has 0 N–H and O–H groups in total. The summed E-state index contributed by atoms with van der Waals surface area (Å²) >= 11 is 5.97. The summed E-state index contributed by atoms with van der Waals surface area (Å²) in [6, 6.07) is 9.13. The molecule has 1 rings (SSSR count). The summed E-state index contributed by atoms with van der Waals surface area (Å²) in [6.45, 7) is 0.565. The lowest BCUT2D eigenvalue weighted by Gasteiger charge is -2.13. The normalized spacial score (nSPS) is 12.9. The highest BCUT2D eigenvalue weighted by molar-refractivity contribution is 6.34. The van der Waals surface area contributed by atoms with Crippen LogP contribution in [-0.2, 0) is 0 Å². The summed E-state index contributed by atoms with van der Waals surface area (Å²) in [5.74, 6) is -0.0130. The van der Waals surface area contributed by atoms with Gasteiger partial charge in [0, 0.05) is 12.1 Å². The van der Waals surface area contributed by atoms with E-state index in [0.29, 0.717) is 12.1 Å². The smallest absolute Gasteiger partial charge is 0.181 e. The number of carbonyl (C=O) groups is 1. The molecular formula is C11H14ClNO. The first-order valence-electron chi connectivity index (χ1n) is 4.49. The van der Waals surface area contributed by atoms with Crippen LogP contribution in [0.3, 0.4) is 0 Å². The van der Waals surface area contributed by atoms with Crippen molar-refractivity contribution in [2.75, 3.05) is 20.6 Å². The second-order valence-electron chi connectivity index (χ2n) is 3.46. The van der Waals surface area contributed by atoms with Gasteiger partial charge in [0.15, 0.2) is 5.78 Å². The molecule has 0 bridgehead atoms. The quantitative estimate of drug-likeness (QED) is 0.561. The van der Waals surface area contributed by atoms with E-state index in [2.05, 4.69) is 0 Å². The molecule has 76 valence electrons. The van der Waals surface area contributed by atoms with Gasteiger partial charge in [0.2, 0.25) is 0 Å². The summed E-state index contributed by atoms with van der Waals surface area (Å²) in [4.78, 5) is 13.6. The molecule has 0 aromatic heterocycles. The molecule has 14 heavy (non-hydrogen) atoms. The lowest BCUT2D eigenvalue weighted by molar-refractivity contribution is 0.0977. The zero-order valence-electron chi connectivity index (χ0n) is 8.40. The predicted octanol–water partition coefficient (Wildman–Crippen LogP) is 2.04. The third-order valence-electron chi connectivity index (χ3n) is 1.87. The fourth-order valence-electron chi connectivity index (χ4n) is 1.19. The number of Topliss-reactive ketones (excluding diaryl/α,β-unsaturated/α-hetero) is 1. The van der Waals surface area contributed by atoms with Crippen LogP contribution in [-0.4, -0.2) is 36.7 Å². The van der Waals surface area contributed by atoms with Gasteiger partial charge in [-0.05, 0) is 14.1 Å². The van der Waals surface area contributed by atoms with E-state index in [1.807, 2.05) is 37.2 Å². The first-order valence-corrected chi connectivity index (χ1v) is 4.93. The Morgan fingerprint density at radius 3 is 2.43 bits per heavy atom. The van der Waals surface area contributed by atoms with Crippen molar-refractivity contribution in [2.24, 2.45) is 0 Å². The molecule has 0 saturated carbocycles. The van der Waals surface area contributed by atoms with Crippen molar-refractivity contribution in [1.82, 2.24) is 4.90 Å². The zero-order chi connectivity index (χ0) is 10.6. The highest BCUT2D eigenvalue weighted by Gasteiger charge is 2.17. The second-order valence-corrected chi connectivity index (χ2v) is 3.99. The fourth-order valence-corrected chi connectivity index (χ4v) is 1.59. The van der Waals surface area contributed by atoms with Crippen LogP contribution >= 0.6 is 11.6 Å². The van der Waals surface area contributed by atoms with Gasteiger partial charge in [0.1, 0.15) is 5.38 Å². The number of rotatable bonds is 4. The van der Waals surface area contributed by atoms with Crippen LogP contribution in [0.15, 0.2) is 30.3 Å². The molecule has 0 amide bonds. The van der Waals surface area contributed by atoms with Gasteiger partial charge in [-0.1, -0.05) is 30.3 Å². The van der Waals surface area contributed by atoms with Gasteiger partial charge in [0.05, 0.1) is 0 Å². The topological polar surface area (TPSA) is 20.3 Å². The van der Waals surface area contributed by atoms with Crippen LogP contribution in [0.4, 0.5) is 0 Å². The van der Waals surface area contributed by atoms with Crippen LogP contribution < -0.4 is 0 Å². The Morgan fingerprint density at radius 1 is 1.36 bits per heavy atom. The molecule has 0 heterocycles. The Bertz CT molecular complexity index is 297. The summed E-state index contributed by atoms with van der Waals surface area (Å²) in [5.41, 5.74) is 0.675. The van der Waals surface area contributed by atoms with Gasteiger partial charge < -0.3 is 4.90 Å². The molecular weight excluding hydrogens is 198 g/mol. The van der Waals surface area contributed by atoms with E-state index in [1.54, 1.807) is 12.1 Å². The third-order valence-corrected chi connectivity index (χ3v) is 2.20. The summed E-state index contributed by atoms with van der Waals surface area (Å²) < 4.78 is 0. The maximum Gasteiger partial charge on any atom is 0.181 e. The predicted molar refractivity (Wildman–Crippen MR) is 59.0 cm³/mol. The molecule has 1 aromatic rings. The second kappa shape index (κ2) is 5.13. The lowest BCUT2D eigenvalue weighted by atomic mass is 10.1. The minimum Gasteiger partial charge on any atom is -0.307 e. The van der Waals surface area contributed by atoms with E-state index in [4.69, 9.17) is 11.6 Å². The van der Waals surface area contributed by atoms with Crippen molar-refractivity contribution in [3.8, 4) is 0 Å². The molecule has 0 aliphatic rings. The van der Waals surface area contributed by atoms with E-state index in [0.717, 1.165) is 0 Å². The molecule has 0 aliphatic carbocycles. The molecule has 1 atom stereocenters. The summed E-state index contributed by atoms with van der Waals surface area (Å²) in [7, 11) is 3.79. The Kier molecular flexibility index (Phi) is 4.11. The molecule has 3 heteroatoms. The number of carbonyl (C=O) groups excluding carboxylic acids is 1. The van der Waals surface area contributed by atoms with Crippen molar-refractivity contribution in [1.29, 1.82) is 0 Å². The van der Waals surface area contributed by atoms with Crippen LogP contribution in [0, 0.1) is 0 Å². The molecule has 0 fully saturated rings. The SMILES string of the molecule is CN(C)CC(Cl)C(=O)c1ccccc1. The number of nitrogens with zero attached hydrogens (tertiary/aromatic N) is 1. The molecule has 0 aliphatic heterocycles. The number of hydrogen-bond donors (Lipinski definition) is 0. The van der Waals surface area contributed by atoms with E-state index in [9.17, 15) is 4.79 Å². The Labute approximate surface area is 89.5 Å². The fraction of sp³-hybridized carbons (Fsp3) is 0.364. The van der Waals surface area contributed by atoms with Gasteiger partial charge in [0.25, 0.3) is 0 Å². The molecule has 1 aromatic carbocycles. The Balaban J connectivity index is 2.66. The number of hydrogen-bond acceptors (Lipinski definition) is 2. The number of benzene rings is 1. The van der Waals surface area contributed by atoms with Gasteiger partial charge in [-0.2, -0.15) is 0 Å². The average Bonchev–Trinajstić information content (AvgIpc) is 2.17. The number of ketones is 1. The number of halogens is 1. The minimum atomic E-state index is -0.465. The van der Waals surface area contributed by atoms with Crippen molar-refractivity contribution in [3.05, 3.63) is 35.9 Å². The molecule has 2 nitrogen and oxygen atoms in total. The van der Waals surface area contributed by atoms with Crippen LogP contribution in [0.2, 0.25) is 0 Å². The van der Waals surface area contributed by atoms with Gasteiger partial charge in [-0.15, -0.1) is 11.6 Å². The first-order chi connectivity index (χ1) is 6.61. The summed E-state index contributed by atoms with van der Waals surface area (Å²) in [5, 5.41) is -0.465. The standard InChI is InChI=1S/C11H14ClNO/c1-13(2)8-10(12)11(14)9-6-4-3-5-7-9/h3-7,10H,8H2,1-2H3. The van der Waals surface area contributed by atoms with Gasteiger partial charge >= 0.3 is 0 Å². The van der Waals surface area contributed by atoms with E-state index in [-0.39, 0.29) is 5.78 Å². The van der Waals surface area contributed by atoms with Gasteiger partial charge in [-0.3, -0.25) is 4.79 Å². The summed E-state index contributed by atoms with van der Waals surface area (Å²) in [6.07, 6.45) is 0. The average molecular weight is 212 g/mol. The zero-order valence-corrected chi connectivity index (χ0v) is 9.16. The first kappa shape index (κ1) is 11.2. The maximum absolute atomic E-state index is 11.7.